The molecule has 1 saturated heterocycles. The van der Waals surface area contributed by atoms with Crippen LogP contribution in [0.5, 0.6) is 0 Å². The molecule has 10 heteroatoms. The van der Waals surface area contributed by atoms with E-state index in [4.69, 9.17) is 4.52 Å². The van der Waals surface area contributed by atoms with Crippen molar-refractivity contribution < 1.29 is 17.7 Å². The molecular weight excluding hydrogens is 460 g/mol. The highest BCUT2D eigenvalue weighted by Crippen LogP contribution is 2.29. The Balaban J connectivity index is 1.44. The molecule has 0 atom stereocenters. The predicted octanol–water partition coefficient (Wildman–Crippen LogP) is 4.07. The highest BCUT2D eigenvalue weighted by atomic mass is 32.2. The summed E-state index contributed by atoms with van der Waals surface area (Å²) >= 11 is 1.20. The molecule has 3 aromatic rings. The molecule has 4 rings (SSSR count). The summed E-state index contributed by atoms with van der Waals surface area (Å²) in [6.07, 6.45) is 3.80. The molecule has 2 aromatic heterocycles. The number of piperazine rings is 1. The fourth-order valence-corrected chi connectivity index (χ4v) is 6.36. The van der Waals surface area contributed by atoms with E-state index in [1.165, 1.54) is 11.3 Å². The Bertz CT molecular complexity index is 1240. The SMILES string of the molecule is CCC(=O)Nc1c(C)noc1C=Cc1ccc(S(=O)(=O)N2CCN(c3ccccc3)CC2)s1. The van der Waals surface area contributed by atoms with Gasteiger partial charge in [-0.05, 0) is 43.3 Å². The van der Waals surface area contributed by atoms with E-state index < -0.39 is 10.0 Å². The van der Waals surface area contributed by atoms with Gasteiger partial charge in [-0.2, -0.15) is 4.31 Å². The second-order valence-electron chi connectivity index (χ2n) is 7.63. The van der Waals surface area contributed by atoms with Crippen LogP contribution in [0.3, 0.4) is 0 Å². The number of aryl methyl sites for hydroxylation is 1. The summed E-state index contributed by atoms with van der Waals surface area (Å²) in [7, 11) is -3.55. The Morgan fingerprint density at radius 2 is 1.85 bits per heavy atom. The quantitative estimate of drug-likeness (QED) is 0.541. The van der Waals surface area contributed by atoms with E-state index in [-0.39, 0.29) is 5.91 Å². The lowest BCUT2D eigenvalue weighted by Crippen LogP contribution is -2.48. The fraction of sp³-hybridized carbons (Fsp3) is 0.304. The van der Waals surface area contributed by atoms with E-state index in [0.29, 0.717) is 54.0 Å². The molecule has 3 heterocycles. The van der Waals surface area contributed by atoms with Crippen molar-refractivity contribution in [3.63, 3.8) is 0 Å². The third kappa shape index (κ3) is 5.18. The molecule has 0 aliphatic carbocycles. The van der Waals surface area contributed by atoms with Crippen LogP contribution >= 0.6 is 11.3 Å². The lowest BCUT2D eigenvalue weighted by Gasteiger charge is -2.35. The van der Waals surface area contributed by atoms with Gasteiger partial charge in [-0.15, -0.1) is 11.3 Å². The van der Waals surface area contributed by atoms with Crippen molar-refractivity contribution in [2.75, 3.05) is 36.4 Å². The second kappa shape index (κ2) is 9.90. The summed E-state index contributed by atoms with van der Waals surface area (Å²) in [5.74, 6) is 0.289. The van der Waals surface area contributed by atoms with Crippen molar-refractivity contribution in [3.05, 3.63) is 58.8 Å². The Labute approximate surface area is 197 Å². The molecule has 174 valence electrons. The van der Waals surface area contributed by atoms with Gasteiger partial charge in [0.05, 0.1) is 0 Å². The average molecular weight is 487 g/mol. The number of carbonyl (C=O) groups is 1. The summed E-state index contributed by atoms with van der Waals surface area (Å²) < 4.78 is 33.4. The number of rotatable bonds is 7. The van der Waals surface area contributed by atoms with Crippen molar-refractivity contribution in [2.24, 2.45) is 0 Å². The van der Waals surface area contributed by atoms with Crippen LogP contribution in [0, 0.1) is 6.92 Å². The Morgan fingerprint density at radius 1 is 1.12 bits per heavy atom. The molecule has 1 aliphatic heterocycles. The van der Waals surface area contributed by atoms with Gasteiger partial charge in [-0.3, -0.25) is 4.79 Å². The summed E-state index contributed by atoms with van der Waals surface area (Å²) in [5, 5.41) is 6.69. The number of anilines is 2. The normalized spacial score (nSPS) is 15.3. The monoisotopic (exact) mass is 486 g/mol. The van der Waals surface area contributed by atoms with E-state index in [1.54, 1.807) is 42.4 Å². The molecule has 33 heavy (non-hydrogen) atoms. The number of hydrogen-bond acceptors (Lipinski definition) is 7. The van der Waals surface area contributed by atoms with Gasteiger partial charge in [-0.1, -0.05) is 30.3 Å². The highest BCUT2D eigenvalue weighted by Gasteiger charge is 2.29. The van der Waals surface area contributed by atoms with Gasteiger partial charge < -0.3 is 14.7 Å². The summed E-state index contributed by atoms with van der Waals surface area (Å²) in [6.45, 7) is 5.70. The van der Waals surface area contributed by atoms with Gasteiger partial charge in [0.1, 0.15) is 15.6 Å². The minimum Gasteiger partial charge on any atom is -0.369 e. The molecule has 0 saturated carbocycles. The lowest BCUT2D eigenvalue weighted by atomic mass is 10.2. The molecule has 1 aromatic carbocycles. The Kier molecular flexibility index (Phi) is 6.96. The third-order valence-electron chi connectivity index (χ3n) is 5.43. The zero-order chi connectivity index (χ0) is 23.4. The summed E-state index contributed by atoms with van der Waals surface area (Å²) in [4.78, 5) is 14.7. The van der Waals surface area contributed by atoms with E-state index in [0.717, 1.165) is 10.6 Å². The first kappa shape index (κ1) is 23.2. The van der Waals surface area contributed by atoms with Crippen LogP contribution in [0.4, 0.5) is 11.4 Å². The van der Waals surface area contributed by atoms with Gasteiger partial charge in [0.15, 0.2) is 5.76 Å². The van der Waals surface area contributed by atoms with Gasteiger partial charge in [0.2, 0.25) is 5.91 Å². The van der Waals surface area contributed by atoms with Crippen molar-refractivity contribution in [3.8, 4) is 0 Å². The van der Waals surface area contributed by atoms with Crippen molar-refractivity contribution in [1.29, 1.82) is 0 Å². The number of carbonyl (C=O) groups excluding carboxylic acids is 1. The first-order valence-electron chi connectivity index (χ1n) is 10.7. The van der Waals surface area contributed by atoms with Crippen LogP contribution in [-0.2, 0) is 14.8 Å². The smallest absolute Gasteiger partial charge is 0.252 e. The minimum absolute atomic E-state index is 0.132. The number of amides is 1. The number of nitrogens with one attached hydrogen (secondary N) is 1. The number of thiophene rings is 1. The Hall–Kier alpha value is -2.95. The predicted molar refractivity (Wildman–Crippen MR) is 131 cm³/mol. The number of sulfonamides is 1. The van der Waals surface area contributed by atoms with Crippen LogP contribution < -0.4 is 10.2 Å². The lowest BCUT2D eigenvalue weighted by molar-refractivity contribution is -0.115. The molecule has 8 nitrogen and oxygen atoms in total. The molecule has 1 fully saturated rings. The van der Waals surface area contributed by atoms with Gasteiger partial charge in [0.25, 0.3) is 10.0 Å². The largest absolute Gasteiger partial charge is 0.369 e. The molecule has 0 radical (unpaired) electrons. The number of aromatic nitrogens is 1. The second-order valence-corrected chi connectivity index (χ2v) is 10.9. The molecular formula is C23H26N4O4S2. The fourth-order valence-electron chi connectivity index (χ4n) is 3.55. The molecule has 1 aliphatic rings. The van der Waals surface area contributed by atoms with Crippen molar-refractivity contribution >= 4 is 50.8 Å². The topological polar surface area (TPSA) is 95.8 Å². The number of benzene rings is 1. The summed E-state index contributed by atoms with van der Waals surface area (Å²) in [6, 6.07) is 13.4. The maximum absolute atomic E-state index is 13.1. The third-order valence-corrected chi connectivity index (χ3v) is 8.85. The first-order valence-corrected chi connectivity index (χ1v) is 13.0. The van der Waals surface area contributed by atoms with E-state index in [2.05, 4.69) is 15.4 Å². The number of nitrogens with zero attached hydrogens (tertiary/aromatic N) is 3. The molecule has 1 amide bonds. The van der Waals surface area contributed by atoms with Crippen LogP contribution in [0.15, 0.2) is 51.2 Å². The van der Waals surface area contributed by atoms with Crippen LogP contribution in [0.1, 0.15) is 29.7 Å². The molecule has 0 spiro atoms. The Morgan fingerprint density at radius 3 is 2.55 bits per heavy atom. The average Bonchev–Trinajstić information content (AvgIpc) is 3.46. The van der Waals surface area contributed by atoms with Crippen LogP contribution in [-0.4, -0.2) is 50.0 Å². The van der Waals surface area contributed by atoms with Crippen LogP contribution in [0.2, 0.25) is 0 Å². The van der Waals surface area contributed by atoms with Crippen molar-refractivity contribution in [1.82, 2.24) is 9.46 Å². The standard InChI is InChI=1S/C23H26N4O4S2/c1-3-21(28)24-23-17(2)25-31-20(23)11-9-19-10-12-22(32-19)33(29,30)27-15-13-26(14-16-27)18-7-5-4-6-8-18/h4-12H,3,13-16H2,1-2H3,(H,24,28). The van der Waals surface area contributed by atoms with E-state index in [9.17, 15) is 13.2 Å². The zero-order valence-electron chi connectivity index (χ0n) is 18.5. The molecule has 0 unspecified atom stereocenters. The van der Waals surface area contributed by atoms with Crippen LogP contribution in [0.25, 0.3) is 12.2 Å². The maximum Gasteiger partial charge on any atom is 0.252 e. The van der Waals surface area contributed by atoms with Gasteiger partial charge in [-0.25, -0.2) is 8.42 Å². The van der Waals surface area contributed by atoms with Crippen molar-refractivity contribution in [2.45, 2.75) is 24.5 Å². The van der Waals surface area contributed by atoms with Gasteiger partial charge in [0, 0.05) is 43.2 Å². The first-order chi connectivity index (χ1) is 15.9. The highest BCUT2D eigenvalue weighted by molar-refractivity contribution is 7.91. The van der Waals surface area contributed by atoms with Gasteiger partial charge >= 0.3 is 0 Å². The summed E-state index contributed by atoms with van der Waals surface area (Å²) in [5.41, 5.74) is 2.22. The molecule has 0 bridgehead atoms. The van der Waals surface area contributed by atoms with E-state index in [1.807, 2.05) is 30.3 Å². The van der Waals surface area contributed by atoms with E-state index >= 15 is 0 Å². The number of hydrogen-bond donors (Lipinski definition) is 1. The zero-order valence-corrected chi connectivity index (χ0v) is 20.2. The maximum atomic E-state index is 13.1. The number of para-hydroxylation sites is 1. The minimum atomic E-state index is -3.55. The molecule has 1 N–H and O–H groups in total.